The van der Waals surface area contributed by atoms with E-state index in [0.29, 0.717) is 5.88 Å². The number of halogens is 2. The first-order valence-electron chi connectivity index (χ1n) is 4.32. The van der Waals surface area contributed by atoms with Gasteiger partial charge >= 0.3 is 0 Å². The van der Waals surface area contributed by atoms with Gasteiger partial charge in [0.25, 0.3) is 0 Å². The standard InChI is InChI=1S/C11H10ClNO.ClH/c1-14-10-3-2-9-4-8(6-12)7-13-11(9)5-10;/h2-5,7H,6H2,1H3;1H. The van der Waals surface area contributed by atoms with Crippen LogP contribution in [0.15, 0.2) is 30.5 Å². The highest BCUT2D eigenvalue weighted by molar-refractivity contribution is 6.17. The highest BCUT2D eigenvalue weighted by atomic mass is 35.5. The predicted octanol–water partition coefficient (Wildman–Crippen LogP) is 3.40. The van der Waals surface area contributed by atoms with Gasteiger partial charge < -0.3 is 4.74 Å². The van der Waals surface area contributed by atoms with E-state index >= 15 is 0 Å². The van der Waals surface area contributed by atoms with Crippen molar-refractivity contribution in [1.29, 1.82) is 0 Å². The molecule has 0 saturated carbocycles. The van der Waals surface area contributed by atoms with E-state index in [0.717, 1.165) is 22.2 Å². The minimum absolute atomic E-state index is 0. The van der Waals surface area contributed by atoms with Crippen LogP contribution in [0.25, 0.3) is 10.9 Å². The average molecular weight is 244 g/mol. The van der Waals surface area contributed by atoms with Crippen molar-refractivity contribution in [2.24, 2.45) is 0 Å². The minimum Gasteiger partial charge on any atom is -0.497 e. The molecule has 4 heteroatoms. The molecule has 0 aliphatic carbocycles. The van der Waals surface area contributed by atoms with E-state index in [2.05, 4.69) is 4.98 Å². The van der Waals surface area contributed by atoms with Gasteiger partial charge in [0, 0.05) is 23.5 Å². The topological polar surface area (TPSA) is 22.1 Å². The number of nitrogens with zero attached hydrogens (tertiary/aromatic N) is 1. The maximum absolute atomic E-state index is 5.72. The second-order valence-corrected chi connectivity index (χ2v) is 3.30. The van der Waals surface area contributed by atoms with Crippen LogP contribution in [-0.2, 0) is 5.88 Å². The second kappa shape index (κ2) is 5.19. The van der Waals surface area contributed by atoms with Crippen molar-refractivity contribution in [3.05, 3.63) is 36.0 Å². The Bertz CT molecular complexity index is 416. The van der Waals surface area contributed by atoms with E-state index in [-0.39, 0.29) is 12.4 Å². The first kappa shape index (κ1) is 12.1. The Hall–Kier alpha value is -0.990. The Kier molecular flexibility index (Phi) is 4.18. The molecule has 0 unspecified atom stereocenters. The molecule has 0 saturated heterocycles. The summed E-state index contributed by atoms with van der Waals surface area (Å²) < 4.78 is 5.11. The van der Waals surface area contributed by atoms with E-state index in [1.165, 1.54) is 0 Å². The number of rotatable bonds is 2. The SMILES string of the molecule is COc1ccc2cc(CCl)cnc2c1.Cl. The van der Waals surface area contributed by atoms with Gasteiger partial charge in [-0.1, -0.05) is 0 Å². The van der Waals surface area contributed by atoms with Gasteiger partial charge in [0.2, 0.25) is 0 Å². The smallest absolute Gasteiger partial charge is 0.121 e. The van der Waals surface area contributed by atoms with Crippen molar-refractivity contribution in [1.82, 2.24) is 4.98 Å². The summed E-state index contributed by atoms with van der Waals surface area (Å²) in [7, 11) is 1.65. The summed E-state index contributed by atoms with van der Waals surface area (Å²) in [5.74, 6) is 1.32. The summed E-state index contributed by atoms with van der Waals surface area (Å²) in [6, 6.07) is 7.85. The number of methoxy groups -OCH3 is 1. The maximum Gasteiger partial charge on any atom is 0.121 e. The van der Waals surface area contributed by atoms with Crippen molar-refractivity contribution in [3.63, 3.8) is 0 Å². The third-order valence-corrected chi connectivity index (χ3v) is 2.41. The maximum atomic E-state index is 5.72. The lowest BCUT2D eigenvalue weighted by atomic mass is 10.2. The van der Waals surface area contributed by atoms with Crippen molar-refractivity contribution in [3.8, 4) is 5.75 Å². The molecule has 1 aromatic carbocycles. The largest absolute Gasteiger partial charge is 0.497 e. The van der Waals surface area contributed by atoms with Gasteiger partial charge in [-0.05, 0) is 23.8 Å². The molecule has 0 amide bonds. The molecule has 1 heterocycles. The Balaban J connectivity index is 0.00000112. The normalized spacial score (nSPS) is 9.73. The highest BCUT2D eigenvalue weighted by Gasteiger charge is 1.98. The molecular formula is C11H11Cl2NO. The number of aromatic nitrogens is 1. The van der Waals surface area contributed by atoms with Gasteiger partial charge in [-0.15, -0.1) is 24.0 Å². The number of ether oxygens (including phenoxy) is 1. The molecule has 0 radical (unpaired) electrons. The quantitative estimate of drug-likeness (QED) is 0.755. The van der Waals surface area contributed by atoms with E-state index < -0.39 is 0 Å². The number of pyridine rings is 1. The fourth-order valence-electron chi connectivity index (χ4n) is 1.35. The molecule has 80 valence electrons. The molecule has 0 fully saturated rings. The minimum atomic E-state index is 0. The monoisotopic (exact) mass is 243 g/mol. The molecule has 0 spiro atoms. The summed E-state index contributed by atoms with van der Waals surface area (Å²) in [5, 5.41) is 1.09. The van der Waals surface area contributed by atoms with E-state index in [1.807, 2.05) is 24.3 Å². The average Bonchev–Trinajstić information content (AvgIpc) is 2.27. The lowest BCUT2D eigenvalue weighted by Gasteiger charge is -2.02. The molecule has 0 atom stereocenters. The molecule has 0 aliphatic heterocycles. The van der Waals surface area contributed by atoms with Crippen molar-refractivity contribution < 1.29 is 4.74 Å². The van der Waals surface area contributed by atoms with E-state index in [9.17, 15) is 0 Å². The van der Waals surface area contributed by atoms with Gasteiger partial charge in [-0.3, -0.25) is 4.98 Å². The van der Waals surface area contributed by atoms with Crippen LogP contribution >= 0.6 is 24.0 Å². The predicted molar refractivity (Wildman–Crippen MR) is 65.1 cm³/mol. The Morgan fingerprint density at radius 1 is 1.33 bits per heavy atom. The molecule has 2 nitrogen and oxygen atoms in total. The number of hydrogen-bond donors (Lipinski definition) is 0. The number of alkyl halides is 1. The summed E-state index contributed by atoms with van der Waals surface area (Å²) in [6.07, 6.45) is 1.79. The molecule has 0 N–H and O–H groups in total. The molecule has 15 heavy (non-hydrogen) atoms. The molecule has 1 aromatic heterocycles. The van der Waals surface area contributed by atoms with Gasteiger partial charge in [0.05, 0.1) is 12.6 Å². The second-order valence-electron chi connectivity index (χ2n) is 3.04. The zero-order valence-corrected chi connectivity index (χ0v) is 9.81. The van der Waals surface area contributed by atoms with Crippen molar-refractivity contribution in [2.45, 2.75) is 5.88 Å². The third kappa shape index (κ3) is 2.52. The lowest BCUT2D eigenvalue weighted by Crippen LogP contribution is -1.86. The van der Waals surface area contributed by atoms with Crippen LogP contribution in [0.4, 0.5) is 0 Å². The zero-order chi connectivity index (χ0) is 9.97. The third-order valence-electron chi connectivity index (χ3n) is 2.10. The molecule has 0 bridgehead atoms. The van der Waals surface area contributed by atoms with Gasteiger partial charge in [0.15, 0.2) is 0 Å². The Morgan fingerprint density at radius 3 is 2.80 bits per heavy atom. The van der Waals surface area contributed by atoms with E-state index in [4.69, 9.17) is 16.3 Å². The zero-order valence-electron chi connectivity index (χ0n) is 8.24. The van der Waals surface area contributed by atoms with Crippen LogP contribution in [0, 0.1) is 0 Å². The van der Waals surface area contributed by atoms with Crippen LogP contribution in [0.1, 0.15) is 5.56 Å². The first-order valence-corrected chi connectivity index (χ1v) is 4.85. The molecule has 2 aromatic rings. The van der Waals surface area contributed by atoms with Crippen molar-refractivity contribution >= 4 is 34.9 Å². The molecule has 2 rings (SSSR count). The Morgan fingerprint density at radius 2 is 2.13 bits per heavy atom. The number of fused-ring (bicyclic) bond motifs is 1. The summed E-state index contributed by atoms with van der Waals surface area (Å²) >= 11 is 5.72. The van der Waals surface area contributed by atoms with Gasteiger partial charge in [0.1, 0.15) is 5.75 Å². The lowest BCUT2D eigenvalue weighted by molar-refractivity contribution is 0.415. The van der Waals surface area contributed by atoms with Crippen LogP contribution in [0.2, 0.25) is 0 Å². The fourth-order valence-corrected chi connectivity index (χ4v) is 1.49. The number of benzene rings is 1. The molecular weight excluding hydrogens is 233 g/mol. The van der Waals surface area contributed by atoms with Crippen molar-refractivity contribution in [2.75, 3.05) is 7.11 Å². The van der Waals surface area contributed by atoms with Crippen LogP contribution in [-0.4, -0.2) is 12.1 Å². The summed E-state index contributed by atoms with van der Waals surface area (Å²) in [5.41, 5.74) is 1.96. The summed E-state index contributed by atoms with van der Waals surface area (Å²) in [4.78, 5) is 4.30. The Labute approximate surface area is 99.6 Å². The van der Waals surface area contributed by atoms with Crippen LogP contribution in [0.3, 0.4) is 0 Å². The summed E-state index contributed by atoms with van der Waals surface area (Å²) in [6.45, 7) is 0. The highest BCUT2D eigenvalue weighted by Crippen LogP contribution is 2.20. The number of hydrogen-bond acceptors (Lipinski definition) is 2. The first-order chi connectivity index (χ1) is 6.83. The van der Waals surface area contributed by atoms with Crippen LogP contribution < -0.4 is 4.74 Å². The van der Waals surface area contributed by atoms with Gasteiger partial charge in [-0.25, -0.2) is 0 Å². The van der Waals surface area contributed by atoms with E-state index in [1.54, 1.807) is 13.3 Å². The fraction of sp³-hybridized carbons (Fsp3) is 0.182. The van der Waals surface area contributed by atoms with Gasteiger partial charge in [-0.2, -0.15) is 0 Å². The van der Waals surface area contributed by atoms with Crippen LogP contribution in [0.5, 0.6) is 5.75 Å². The molecule has 0 aliphatic rings.